The highest BCUT2D eigenvalue weighted by molar-refractivity contribution is 7.47. The smallest absolute Gasteiger partial charge is 0.462 e. The average Bonchev–Trinajstić information content (AvgIpc) is 0.901. The number of unbranched alkanes of at least 4 members (excludes halogenated alkanes) is 56. The zero-order valence-corrected chi connectivity index (χ0v) is 71.5. The first-order valence-electron chi connectivity index (χ1n) is 45.0. The second-order valence-corrected chi connectivity index (χ2v) is 35.1. The summed E-state index contributed by atoms with van der Waals surface area (Å²) in [6.07, 6.45) is 71.5. The van der Waals surface area contributed by atoms with Crippen molar-refractivity contribution in [2.24, 2.45) is 11.8 Å². The van der Waals surface area contributed by atoms with E-state index in [1.54, 1.807) is 0 Å². The standard InChI is InChI=1S/C87H170O17P2/c1-7-9-11-13-14-15-16-17-18-19-20-21-22-23-28-33-38-43-48-53-59-66-72-87(92)104-83(76-98-85(90)70-64-58-52-47-42-37-32-27-25-24-26-30-35-40-45-50-56-61-67-79(3)4)78-102-106(95,96)100-74-81(88)73-99-105(93,94)101-77-82(75-97-84(89)69-63-55-12-10-8-2)103-86(91)71-65-60-54-49-44-39-34-29-31-36-41-46-51-57-62-68-80(5)6/h79-83,88H,7-78H2,1-6H3,(H,93,94)(H,95,96)/t81-,82+,83+/m0/s1. The van der Waals surface area contributed by atoms with Crippen molar-refractivity contribution >= 4 is 39.5 Å². The van der Waals surface area contributed by atoms with Crippen molar-refractivity contribution in [2.75, 3.05) is 39.6 Å². The van der Waals surface area contributed by atoms with Crippen molar-refractivity contribution in [2.45, 2.75) is 484 Å². The summed E-state index contributed by atoms with van der Waals surface area (Å²) in [5, 5.41) is 10.6. The van der Waals surface area contributed by atoms with E-state index in [1.165, 1.54) is 276 Å². The van der Waals surface area contributed by atoms with Crippen LogP contribution in [-0.2, 0) is 65.4 Å². The number of aliphatic hydroxyl groups is 1. The van der Waals surface area contributed by atoms with E-state index in [1.807, 2.05) is 0 Å². The van der Waals surface area contributed by atoms with Gasteiger partial charge in [-0.3, -0.25) is 37.3 Å². The van der Waals surface area contributed by atoms with E-state index in [2.05, 4.69) is 41.5 Å². The summed E-state index contributed by atoms with van der Waals surface area (Å²) in [4.78, 5) is 72.9. The first kappa shape index (κ1) is 104. The Kier molecular flexibility index (Phi) is 76.9. The van der Waals surface area contributed by atoms with Crippen LogP contribution in [0.5, 0.6) is 0 Å². The maximum absolute atomic E-state index is 13.1. The molecule has 17 nitrogen and oxygen atoms in total. The van der Waals surface area contributed by atoms with Crippen LogP contribution in [-0.4, -0.2) is 96.7 Å². The van der Waals surface area contributed by atoms with E-state index < -0.39 is 97.5 Å². The number of carbonyl (C=O) groups excluding carboxylic acids is 4. The Bertz CT molecular complexity index is 2030. The Morgan fingerprint density at radius 1 is 0.255 bits per heavy atom. The molecule has 0 aliphatic carbocycles. The zero-order valence-electron chi connectivity index (χ0n) is 69.7. The lowest BCUT2D eigenvalue weighted by Gasteiger charge is -2.21. The third-order valence-electron chi connectivity index (χ3n) is 20.5. The van der Waals surface area contributed by atoms with Crippen molar-refractivity contribution in [3.05, 3.63) is 0 Å². The zero-order chi connectivity index (χ0) is 77.8. The van der Waals surface area contributed by atoms with Gasteiger partial charge >= 0.3 is 39.5 Å². The summed E-state index contributed by atoms with van der Waals surface area (Å²) in [7, 11) is -9.92. The topological polar surface area (TPSA) is 237 Å². The van der Waals surface area contributed by atoms with Crippen LogP contribution in [0.3, 0.4) is 0 Å². The van der Waals surface area contributed by atoms with E-state index >= 15 is 0 Å². The Morgan fingerprint density at radius 3 is 0.642 bits per heavy atom. The van der Waals surface area contributed by atoms with Gasteiger partial charge in [0.1, 0.15) is 19.3 Å². The molecule has 0 aromatic rings. The van der Waals surface area contributed by atoms with Crippen LogP contribution in [0.1, 0.15) is 465 Å². The number of hydrogen-bond donors (Lipinski definition) is 3. The second kappa shape index (κ2) is 78.3. The molecule has 5 atom stereocenters. The lowest BCUT2D eigenvalue weighted by atomic mass is 10.0. The lowest BCUT2D eigenvalue weighted by Crippen LogP contribution is -2.30. The van der Waals surface area contributed by atoms with Crippen LogP contribution in [0.15, 0.2) is 0 Å². The van der Waals surface area contributed by atoms with Gasteiger partial charge in [0.2, 0.25) is 0 Å². The predicted molar refractivity (Wildman–Crippen MR) is 437 cm³/mol. The van der Waals surface area contributed by atoms with Gasteiger partial charge in [0, 0.05) is 25.7 Å². The van der Waals surface area contributed by atoms with Crippen molar-refractivity contribution in [1.82, 2.24) is 0 Å². The highest BCUT2D eigenvalue weighted by Crippen LogP contribution is 2.45. The number of ether oxygens (including phenoxy) is 4. The molecule has 0 saturated carbocycles. The molecule has 0 aliphatic heterocycles. The van der Waals surface area contributed by atoms with Gasteiger partial charge in [-0.1, -0.05) is 414 Å². The molecule has 0 aromatic carbocycles. The Balaban J connectivity index is 5.09. The minimum Gasteiger partial charge on any atom is -0.462 e. The summed E-state index contributed by atoms with van der Waals surface area (Å²) in [6, 6.07) is 0. The Morgan fingerprint density at radius 2 is 0.434 bits per heavy atom. The molecule has 0 fully saturated rings. The van der Waals surface area contributed by atoms with Crippen LogP contribution >= 0.6 is 15.6 Å². The number of phosphoric acid groups is 2. The minimum absolute atomic E-state index is 0.107. The molecule has 0 spiro atoms. The molecule has 3 N–H and O–H groups in total. The predicted octanol–water partition coefficient (Wildman–Crippen LogP) is 26.6. The summed E-state index contributed by atoms with van der Waals surface area (Å²) in [5.41, 5.74) is 0. The number of hydrogen-bond acceptors (Lipinski definition) is 15. The fraction of sp³-hybridized carbons (Fsp3) is 0.954. The van der Waals surface area contributed by atoms with E-state index in [0.717, 1.165) is 108 Å². The molecule has 0 aliphatic rings. The van der Waals surface area contributed by atoms with Crippen LogP contribution < -0.4 is 0 Å². The highest BCUT2D eigenvalue weighted by Gasteiger charge is 2.30. The van der Waals surface area contributed by atoms with Crippen molar-refractivity contribution in [3.8, 4) is 0 Å². The average molecular weight is 1550 g/mol. The lowest BCUT2D eigenvalue weighted by molar-refractivity contribution is -0.161. The molecule has 19 heteroatoms. The van der Waals surface area contributed by atoms with Gasteiger partial charge in [-0.15, -0.1) is 0 Å². The van der Waals surface area contributed by atoms with E-state index in [4.69, 9.17) is 37.0 Å². The Hall–Kier alpha value is -1.94. The van der Waals surface area contributed by atoms with Crippen molar-refractivity contribution < 1.29 is 80.2 Å². The maximum atomic E-state index is 13.1. The van der Waals surface area contributed by atoms with Crippen molar-refractivity contribution in [3.63, 3.8) is 0 Å². The van der Waals surface area contributed by atoms with Gasteiger partial charge in [-0.2, -0.15) is 0 Å². The van der Waals surface area contributed by atoms with Crippen molar-refractivity contribution in [1.29, 1.82) is 0 Å². The number of rotatable bonds is 86. The van der Waals surface area contributed by atoms with E-state index in [-0.39, 0.29) is 25.7 Å². The van der Waals surface area contributed by atoms with Crippen LogP contribution in [0.2, 0.25) is 0 Å². The number of carbonyl (C=O) groups is 4. The van der Waals surface area contributed by atoms with Gasteiger partial charge < -0.3 is 33.8 Å². The molecule has 0 heterocycles. The van der Waals surface area contributed by atoms with E-state index in [0.29, 0.717) is 25.7 Å². The SMILES string of the molecule is CCCCCCCCCCCCCCCCCCCCCCCCC(=O)O[C@H](COC(=O)CCCCCCCCCCCCCCCCCCCCC(C)C)COP(=O)(O)OC[C@@H](O)COP(=O)(O)OC[C@@H](COC(=O)CCCCCCC)OC(=O)CCCCCCCCCCCCCCCCCC(C)C. The molecule has 0 bridgehead atoms. The maximum Gasteiger partial charge on any atom is 0.472 e. The summed E-state index contributed by atoms with van der Waals surface area (Å²) < 4.78 is 68.7. The first-order chi connectivity index (χ1) is 51.4. The number of phosphoric ester groups is 2. The van der Waals surface area contributed by atoms with Gasteiger partial charge in [0.25, 0.3) is 0 Å². The fourth-order valence-electron chi connectivity index (χ4n) is 13.6. The molecule has 2 unspecified atom stereocenters. The summed E-state index contributed by atoms with van der Waals surface area (Å²) in [5.74, 6) is -0.488. The van der Waals surface area contributed by atoms with Crippen LogP contribution in [0.4, 0.5) is 0 Å². The number of esters is 4. The Labute approximate surface area is 651 Å². The van der Waals surface area contributed by atoms with Gasteiger partial charge in [0.15, 0.2) is 12.2 Å². The quantitative estimate of drug-likeness (QED) is 0.0222. The number of aliphatic hydroxyl groups excluding tert-OH is 1. The molecular formula is C87H170O17P2. The molecule has 0 saturated heterocycles. The van der Waals surface area contributed by atoms with E-state index in [9.17, 15) is 43.2 Å². The monoisotopic (exact) mass is 1550 g/mol. The molecule has 0 rings (SSSR count). The molecule has 630 valence electrons. The third-order valence-corrected chi connectivity index (χ3v) is 22.4. The van der Waals surface area contributed by atoms with Gasteiger partial charge in [-0.25, -0.2) is 9.13 Å². The summed E-state index contributed by atoms with van der Waals surface area (Å²) in [6.45, 7) is 9.64. The molecule has 0 radical (unpaired) electrons. The molecule has 0 amide bonds. The molecular weight excluding hydrogens is 1380 g/mol. The second-order valence-electron chi connectivity index (χ2n) is 32.2. The minimum atomic E-state index is -4.96. The fourth-order valence-corrected chi connectivity index (χ4v) is 15.2. The van der Waals surface area contributed by atoms with Gasteiger partial charge in [-0.05, 0) is 37.5 Å². The van der Waals surface area contributed by atoms with Crippen LogP contribution in [0, 0.1) is 11.8 Å². The first-order valence-corrected chi connectivity index (χ1v) is 48.0. The molecule has 0 aromatic heterocycles. The van der Waals surface area contributed by atoms with Crippen LogP contribution in [0.25, 0.3) is 0 Å². The largest absolute Gasteiger partial charge is 0.472 e. The normalized spacial score (nSPS) is 13.8. The molecule has 106 heavy (non-hydrogen) atoms. The van der Waals surface area contributed by atoms with Gasteiger partial charge in [0.05, 0.1) is 26.4 Å². The summed E-state index contributed by atoms with van der Waals surface area (Å²) >= 11 is 0. The highest BCUT2D eigenvalue weighted by atomic mass is 31.2. The third kappa shape index (κ3) is 80.1.